The Kier molecular flexibility index (Phi) is 9.52. The molecule has 178 valence electrons. The molecule has 3 aromatic carbocycles. The lowest BCUT2D eigenvalue weighted by atomic mass is 10.1. The van der Waals surface area contributed by atoms with Crippen molar-refractivity contribution in [3.05, 3.63) is 95.1 Å². The van der Waals surface area contributed by atoms with Gasteiger partial charge in [0.25, 0.3) is 11.8 Å². The molecule has 0 saturated heterocycles. The fourth-order valence-electron chi connectivity index (χ4n) is 3.55. The first-order valence-electron chi connectivity index (χ1n) is 11.5. The summed E-state index contributed by atoms with van der Waals surface area (Å²) in [6.45, 7) is 1.17. The van der Waals surface area contributed by atoms with Gasteiger partial charge in [0.2, 0.25) is 0 Å². The van der Waals surface area contributed by atoms with Gasteiger partial charge in [-0.15, -0.1) is 0 Å². The molecule has 2 amide bonds. The van der Waals surface area contributed by atoms with Crippen LogP contribution in [0.15, 0.2) is 72.8 Å². The van der Waals surface area contributed by atoms with Crippen LogP contribution in [0.2, 0.25) is 0 Å². The lowest BCUT2D eigenvalue weighted by molar-refractivity contribution is 0.0941. The number of carbonyl (C=O) groups is 2. The number of nitrogens with one attached hydrogen (secondary N) is 2. The van der Waals surface area contributed by atoms with E-state index in [1.54, 1.807) is 38.5 Å². The zero-order valence-electron chi connectivity index (χ0n) is 19.8. The molecule has 3 rings (SSSR count). The number of rotatable bonds is 12. The van der Waals surface area contributed by atoms with Crippen LogP contribution in [0.3, 0.4) is 0 Å². The maximum atomic E-state index is 12.4. The highest BCUT2D eigenvalue weighted by Crippen LogP contribution is 2.13. The molecular weight excluding hydrogens is 428 g/mol. The van der Waals surface area contributed by atoms with Gasteiger partial charge in [0, 0.05) is 24.2 Å². The van der Waals surface area contributed by atoms with Crippen molar-refractivity contribution in [2.24, 2.45) is 0 Å². The minimum atomic E-state index is -0.138. The van der Waals surface area contributed by atoms with Crippen molar-refractivity contribution in [1.82, 2.24) is 10.6 Å². The minimum absolute atomic E-state index is 0.138. The Morgan fingerprint density at radius 3 is 1.26 bits per heavy atom. The van der Waals surface area contributed by atoms with E-state index in [2.05, 4.69) is 10.6 Å². The van der Waals surface area contributed by atoms with Crippen LogP contribution in [0, 0.1) is 0 Å². The molecule has 3 aromatic rings. The first kappa shape index (κ1) is 24.8. The summed E-state index contributed by atoms with van der Waals surface area (Å²) in [5, 5.41) is 5.87. The highest BCUT2D eigenvalue weighted by atomic mass is 16.5. The molecule has 0 aliphatic carbocycles. The third kappa shape index (κ3) is 7.66. The number of aryl methyl sites for hydroxylation is 2. The Labute approximate surface area is 201 Å². The van der Waals surface area contributed by atoms with E-state index < -0.39 is 0 Å². The maximum Gasteiger partial charge on any atom is 0.251 e. The number of hydrogen-bond acceptors (Lipinski definition) is 4. The molecule has 0 atom stereocenters. The van der Waals surface area contributed by atoms with Crippen LogP contribution < -0.4 is 20.1 Å². The Hall–Kier alpha value is -3.80. The minimum Gasteiger partial charge on any atom is -0.497 e. The van der Waals surface area contributed by atoms with E-state index in [0.29, 0.717) is 24.2 Å². The van der Waals surface area contributed by atoms with Crippen molar-refractivity contribution < 1.29 is 19.1 Å². The van der Waals surface area contributed by atoms with Crippen LogP contribution in [0.1, 0.15) is 44.7 Å². The Balaban J connectivity index is 1.35. The number of carbonyl (C=O) groups excluding carboxylic acids is 2. The van der Waals surface area contributed by atoms with Gasteiger partial charge in [-0.3, -0.25) is 9.59 Å². The average Bonchev–Trinajstić information content (AvgIpc) is 2.89. The molecule has 0 heterocycles. The van der Waals surface area contributed by atoms with Gasteiger partial charge < -0.3 is 20.1 Å². The summed E-state index contributed by atoms with van der Waals surface area (Å²) in [5.74, 6) is 1.40. The summed E-state index contributed by atoms with van der Waals surface area (Å²) < 4.78 is 10.3. The van der Waals surface area contributed by atoms with Crippen LogP contribution >= 0.6 is 0 Å². The van der Waals surface area contributed by atoms with Crippen LogP contribution in [0.5, 0.6) is 11.5 Å². The van der Waals surface area contributed by atoms with Gasteiger partial charge in [-0.25, -0.2) is 0 Å². The zero-order chi connectivity index (χ0) is 24.2. The molecule has 34 heavy (non-hydrogen) atoms. The predicted octanol–water partition coefficient (Wildman–Crippen LogP) is 4.43. The highest BCUT2D eigenvalue weighted by Gasteiger charge is 2.09. The molecule has 6 heteroatoms. The SMILES string of the molecule is COc1ccc(CCCNC(=O)c2ccc(C(=O)NCCCc3ccc(OC)cc3)cc2)cc1. The van der Waals surface area contributed by atoms with Gasteiger partial charge in [-0.2, -0.15) is 0 Å². The lowest BCUT2D eigenvalue weighted by Crippen LogP contribution is -2.26. The van der Waals surface area contributed by atoms with Gasteiger partial charge in [0.15, 0.2) is 0 Å². The van der Waals surface area contributed by atoms with Crippen LogP contribution in [0.25, 0.3) is 0 Å². The summed E-state index contributed by atoms with van der Waals surface area (Å²) in [6, 6.07) is 22.6. The van der Waals surface area contributed by atoms with E-state index in [1.165, 1.54) is 11.1 Å². The summed E-state index contributed by atoms with van der Waals surface area (Å²) in [5.41, 5.74) is 3.49. The lowest BCUT2D eigenvalue weighted by Gasteiger charge is -2.08. The number of methoxy groups -OCH3 is 2. The van der Waals surface area contributed by atoms with E-state index in [0.717, 1.165) is 37.2 Å². The largest absolute Gasteiger partial charge is 0.497 e. The summed E-state index contributed by atoms with van der Waals surface area (Å²) in [6.07, 6.45) is 3.44. The first-order valence-corrected chi connectivity index (χ1v) is 11.5. The maximum absolute atomic E-state index is 12.4. The van der Waals surface area contributed by atoms with Crippen molar-refractivity contribution in [2.45, 2.75) is 25.7 Å². The molecule has 2 N–H and O–H groups in total. The number of hydrogen-bond donors (Lipinski definition) is 2. The second kappa shape index (κ2) is 13.0. The molecular formula is C28H32N2O4. The number of amides is 2. The Morgan fingerprint density at radius 1 is 0.588 bits per heavy atom. The molecule has 6 nitrogen and oxygen atoms in total. The molecule has 0 fully saturated rings. The van der Waals surface area contributed by atoms with E-state index >= 15 is 0 Å². The van der Waals surface area contributed by atoms with Crippen molar-refractivity contribution in [2.75, 3.05) is 27.3 Å². The van der Waals surface area contributed by atoms with Crippen molar-refractivity contribution in [3.63, 3.8) is 0 Å². The number of benzene rings is 3. The topological polar surface area (TPSA) is 76.7 Å². The standard InChI is InChI=1S/C28H32N2O4/c1-33-25-15-7-21(8-16-25)5-3-19-29-27(31)23-11-13-24(14-12-23)28(32)30-20-4-6-22-9-17-26(34-2)18-10-22/h7-18H,3-6,19-20H2,1-2H3,(H,29,31)(H,30,32). The van der Waals surface area contributed by atoms with Crippen LogP contribution in [-0.2, 0) is 12.8 Å². The van der Waals surface area contributed by atoms with Crippen molar-refractivity contribution >= 4 is 11.8 Å². The molecule has 0 saturated carbocycles. The van der Waals surface area contributed by atoms with E-state index in [-0.39, 0.29) is 11.8 Å². The zero-order valence-corrected chi connectivity index (χ0v) is 19.8. The normalized spacial score (nSPS) is 10.4. The Bertz CT molecular complexity index is 959. The van der Waals surface area contributed by atoms with E-state index in [9.17, 15) is 9.59 Å². The monoisotopic (exact) mass is 460 g/mol. The quantitative estimate of drug-likeness (QED) is 0.392. The third-order valence-electron chi connectivity index (χ3n) is 5.58. The fourth-order valence-corrected chi connectivity index (χ4v) is 3.55. The fraction of sp³-hybridized carbons (Fsp3) is 0.286. The molecule has 0 bridgehead atoms. The van der Waals surface area contributed by atoms with Crippen LogP contribution in [0.4, 0.5) is 0 Å². The number of ether oxygens (including phenoxy) is 2. The summed E-state index contributed by atoms with van der Waals surface area (Å²) in [4.78, 5) is 24.7. The molecule has 0 aromatic heterocycles. The van der Waals surface area contributed by atoms with Crippen molar-refractivity contribution in [1.29, 1.82) is 0 Å². The molecule has 0 spiro atoms. The first-order chi connectivity index (χ1) is 16.6. The third-order valence-corrected chi connectivity index (χ3v) is 5.58. The summed E-state index contributed by atoms with van der Waals surface area (Å²) >= 11 is 0. The highest BCUT2D eigenvalue weighted by molar-refractivity contribution is 5.97. The smallest absolute Gasteiger partial charge is 0.251 e. The molecule has 0 radical (unpaired) electrons. The van der Waals surface area contributed by atoms with Gasteiger partial charge in [0.1, 0.15) is 11.5 Å². The van der Waals surface area contributed by atoms with Crippen LogP contribution in [-0.4, -0.2) is 39.1 Å². The van der Waals surface area contributed by atoms with E-state index in [1.807, 2.05) is 48.5 Å². The van der Waals surface area contributed by atoms with Gasteiger partial charge in [0.05, 0.1) is 14.2 Å². The van der Waals surface area contributed by atoms with E-state index in [4.69, 9.17) is 9.47 Å². The molecule has 0 aliphatic heterocycles. The summed E-state index contributed by atoms with van der Waals surface area (Å²) in [7, 11) is 3.30. The van der Waals surface area contributed by atoms with Gasteiger partial charge in [-0.1, -0.05) is 24.3 Å². The predicted molar refractivity (Wildman–Crippen MR) is 134 cm³/mol. The van der Waals surface area contributed by atoms with Gasteiger partial charge >= 0.3 is 0 Å². The van der Waals surface area contributed by atoms with Gasteiger partial charge in [-0.05, 0) is 85.3 Å². The second-order valence-electron chi connectivity index (χ2n) is 7.99. The molecule has 0 unspecified atom stereocenters. The molecule has 0 aliphatic rings. The second-order valence-corrected chi connectivity index (χ2v) is 7.99. The average molecular weight is 461 g/mol. The van der Waals surface area contributed by atoms with Crippen molar-refractivity contribution in [3.8, 4) is 11.5 Å². The Morgan fingerprint density at radius 2 is 0.941 bits per heavy atom.